The molecule has 1 fully saturated rings. The number of halogens is 3. The fraction of sp³-hybridized carbons (Fsp3) is 0.357. The van der Waals surface area contributed by atoms with Gasteiger partial charge in [0.1, 0.15) is 6.04 Å². The lowest BCUT2D eigenvalue weighted by Crippen LogP contribution is -2.35. The quantitative estimate of drug-likeness (QED) is 0.770. The number of carboxylic acids is 1. The van der Waals surface area contributed by atoms with Crippen molar-refractivity contribution in [1.82, 2.24) is 0 Å². The zero-order chi connectivity index (χ0) is 18.1. The maximum Gasteiger partial charge on any atom is 0.418 e. The van der Waals surface area contributed by atoms with Crippen molar-refractivity contribution in [3.05, 3.63) is 29.8 Å². The van der Waals surface area contributed by atoms with Crippen LogP contribution in [0.1, 0.15) is 12.0 Å². The molecule has 2 amide bonds. The summed E-state index contributed by atoms with van der Waals surface area (Å²) in [6, 6.07) is 3.07. The summed E-state index contributed by atoms with van der Waals surface area (Å²) >= 11 is 0.845. The molecule has 0 aromatic heterocycles. The number of nitrogens with zero attached hydrogens (tertiary/aromatic N) is 1. The summed E-state index contributed by atoms with van der Waals surface area (Å²) in [5, 5.41) is 7.75. The monoisotopic (exact) mass is 362 g/mol. The summed E-state index contributed by atoms with van der Waals surface area (Å²) in [4.78, 5) is 35.5. The Hall–Kier alpha value is -2.07. The first kappa shape index (κ1) is 18.3. The molecule has 6 nitrogen and oxygen atoms in total. The van der Waals surface area contributed by atoms with E-state index in [1.807, 2.05) is 0 Å². The Morgan fingerprint density at radius 3 is 2.58 bits per heavy atom. The van der Waals surface area contributed by atoms with Gasteiger partial charge in [0.05, 0.1) is 16.5 Å². The zero-order valence-corrected chi connectivity index (χ0v) is 12.9. The molecule has 1 aromatic carbocycles. The summed E-state index contributed by atoms with van der Waals surface area (Å²) in [5.41, 5.74) is 3.72. The highest BCUT2D eigenvalue weighted by atomic mass is 32.2. The molecule has 0 saturated carbocycles. The molecule has 10 heteroatoms. The van der Waals surface area contributed by atoms with Crippen molar-refractivity contribution < 1.29 is 32.7 Å². The van der Waals surface area contributed by atoms with Gasteiger partial charge in [-0.3, -0.25) is 14.4 Å². The molecule has 2 atom stereocenters. The minimum absolute atomic E-state index is 0.131. The summed E-state index contributed by atoms with van der Waals surface area (Å²) < 4.78 is 39.2. The smallest absolute Gasteiger partial charge is 0.418 e. The van der Waals surface area contributed by atoms with E-state index in [9.17, 15) is 27.6 Å². The van der Waals surface area contributed by atoms with Crippen LogP contribution in [0.4, 0.5) is 18.9 Å². The number of carbonyl (C=O) groups excluding carboxylic acids is 2. The Bertz CT molecular complexity index is 680. The second kappa shape index (κ2) is 6.81. The van der Waals surface area contributed by atoms with Crippen molar-refractivity contribution >= 4 is 35.2 Å². The van der Waals surface area contributed by atoms with E-state index in [2.05, 4.69) is 0 Å². The van der Waals surface area contributed by atoms with Gasteiger partial charge in [-0.2, -0.15) is 13.2 Å². The summed E-state index contributed by atoms with van der Waals surface area (Å²) in [6.07, 6.45) is -5.02. The summed E-state index contributed by atoms with van der Waals surface area (Å²) in [7, 11) is 0. The minimum atomic E-state index is -4.71. The third-order valence-electron chi connectivity index (χ3n) is 3.35. The van der Waals surface area contributed by atoms with Crippen molar-refractivity contribution in [3.63, 3.8) is 0 Å². The summed E-state index contributed by atoms with van der Waals surface area (Å²) in [6.45, 7) is 0. The van der Waals surface area contributed by atoms with E-state index in [-0.39, 0.29) is 12.2 Å². The first-order valence-corrected chi connectivity index (χ1v) is 7.80. The number of carboxylic acid groups (broad SMARTS) is 1. The number of imide groups is 1. The highest BCUT2D eigenvalue weighted by molar-refractivity contribution is 8.00. The fourth-order valence-electron chi connectivity index (χ4n) is 2.19. The van der Waals surface area contributed by atoms with Crippen molar-refractivity contribution in [2.24, 2.45) is 5.73 Å². The number of thioether (sulfide) groups is 1. The number of rotatable bonds is 5. The number of aliphatic carboxylic acids is 1. The van der Waals surface area contributed by atoms with Gasteiger partial charge in [0.2, 0.25) is 11.8 Å². The lowest BCUT2D eigenvalue weighted by atomic mass is 10.1. The predicted molar refractivity (Wildman–Crippen MR) is 80.4 cm³/mol. The van der Waals surface area contributed by atoms with E-state index < -0.39 is 46.5 Å². The lowest BCUT2D eigenvalue weighted by molar-refractivity contribution is -0.138. The average molecular weight is 362 g/mol. The lowest BCUT2D eigenvalue weighted by Gasteiger charge is -2.20. The molecular weight excluding hydrogens is 349 g/mol. The first-order valence-electron chi connectivity index (χ1n) is 6.76. The number of para-hydroxylation sites is 1. The van der Waals surface area contributed by atoms with Gasteiger partial charge in [0.15, 0.2) is 0 Å². The van der Waals surface area contributed by atoms with Crippen molar-refractivity contribution in [3.8, 4) is 0 Å². The third-order valence-corrected chi connectivity index (χ3v) is 4.67. The Kier molecular flexibility index (Phi) is 5.19. The molecule has 1 saturated heterocycles. The van der Waals surface area contributed by atoms with Gasteiger partial charge >= 0.3 is 12.1 Å². The molecule has 0 aliphatic carbocycles. The summed E-state index contributed by atoms with van der Waals surface area (Å²) in [5.74, 6) is -2.97. The van der Waals surface area contributed by atoms with Crippen LogP contribution in [-0.2, 0) is 20.6 Å². The molecule has 1 aliphatic heterocycles. The Morgan fingerprint density at radius 2 is 2.00 bits per heavy atom. The number of hydrogen-bond donors (Lipinski definition) is 2. The van der Waals surface area contributed by atoms with E-state index in [4.69, 9.17) is 10.8 Å². The number of carbonyl (C=O) groups is 3. The number of hydrogen-bond acceptors (Lipinski definition) is 5. The fourth-order valence-corrected chi connectivity index (χ4v) is 3.28. The molecule has 0 spiro atoms. The Morgan fingerprint density at radius 1 is 1.38 bits per heavy atom. The maximum absolute atomic E-state index is 13.1. The van der Waals surface area contributed by atoms with Crippen LogP contribution in [0.2, 0.25) is 0 Å². The van der Waals surface area contributed by atoms with E-state index in [0.29, 0.717) is 4.90 Å². The number of nitrogens with two attached hydrogens (primary N) is 1. The molecule has 2 rings (SSSR count). The van der Waals surface area contributed by atoms with Crippen LogP contribution < -0.4 is 10.6 Å². The topological polar surface area (TPSA) is 101 Å². The molecule has 130 valence electrons. The van der Waals surface area contributed by atoms with Crippen LogP contribution in [0.25, 0.3) is 0 Å². The normalized spacial score (nSPS) is 19.7. The van der Waals surface area contributed by atoms with Gasteiger partial charge < -0.3 is 10.8 Å². The van der Waals surface area contributed by atoms with E-state index in [1.165, 1.54) is 6.07 Å². The standard InChI is InChI=1S/C14H13F3N2O4S/c15-14(16,17)7-3-1-2-4-9(7)19-11(20)5-10(12(19)21)24-6-8(18)13(22)23/h1-4,8,10H,5-6,18H2,(H,22,23)/t8-,10-/m0/s1. The van der Waals surface area contributed by atoms with Crippen LogP contribution in [0.5, 0.6) is 0 Å². The first-order chi connectivity index (χ1) is 11.1. The number of benzene rings is 1. The number of anilines is 1. The second-order valence-electron chi connectivity index (χ2n) is 5.05. The SMILES string of the molecule is N[C@@H](CS[C@H]1CC(=O)N(c2ccccc2C(F)(F)F)C1=O)C(=O)O. The minimum Gasteiger partial charge on any atom is -0.480 e. The average Bonchev–Trinajstić information content (AvgIpc) is 2.78. The Balaban J connectivity index is 2.23. The zero-order valence-electron chi connectivity index (χ0n) is 12.1. The Labute approximate surface area is 138 Å². The molecule has 1 aliphatic rings. The van der Waals surface area contributed by atoms with Gasteiger partial charge in [-0.25, -0.2) is 4.90 Å². The van der Waals surface area contributed by atoms with Crippen LogP contribution in [0.3, 0.4) is 0 Å². The van der Waals surface area contributed by atoms with Crippen LogP contribution in [0, 0.1) is 0 Å². The maximum atomic E-state index is 13.1. The molecule has 0 bridgehead atoms. The van der Waals surface area contributed by atoms with Crippen molar-refractivity contribution in [2.45, 2.75) is 23.9 Å². The van der Waals surface area contributed by atoms with Crippen LogP contribution in [-0.4, -0.2) is 39.9 Å². The molecule has 1 aromatic rings. The molecule has 0 unspecified atom stereocenters. The predicted octanol–water partition coefficient (Wildman–Crippen LogP) is 1.48. The van der Waals surface area contributed by atoms with E-state index >= 15 is 0 Å². The van der Waals surface area contributed by atoms with Gasteiger partial charge in [0, 0.05) is 12.2 Å². The highest BCUT2D eigenvalue weighted by Crippen LogP contribution is 2.39. The van der Waals surface area contributed by atoms with Crippen LogP contribution in [0.15, 0.2) is 24.3 Å². The van der Waals surface area contributed by atoms with Gasteiger partial charge in [0.25, 0.3) is 0 Å². The third kappa shape index (κ3) is 3.70. The van der Waals surface area contributed by atoms with E-state index in [1.54, 1.807) is 0 Å². The molecule has 0 radical (unpaired) electrons. The van der Waals surface area contributed by atoms with Gasteiger partial charge in [-0.15, -0.1) is 11.8 Å². The van der Waals surface area contributed by atoms with Crippen LogP contribution >= 0.6 is 11.8 Å². The molecule has 3 N–H and O–H groups in total. The largest absolute Gasteiger partial charge is 0.480 e. The highest BCUT2D eigenvalue weighted by Gasteiger charge is 2.44. The molecule has 1 heterocycles. The molecule has 24 heavy (non-hydrogen) atoms. The van der Waals surface area contributed by atoms with Crippen molar-refractivity contribution in [2.75, 3.05) is 10.7 Å². The van der Waals surface area contributed by atoms with Gasteiger partial charge in [-0.1, -0.05) is 12.1 Å². The second-order valence-corrected chi connectivity index (χ2v) is 6.29. The number of alkyl halides is 3. The van der Waals surface area contributed by atoms with Gasteiger partial charge in [-0.05, 0) is 12.1 Å². The van der Waals surface area contributed by atoms with E-state index in [0.717, 1.165) is 30.0 Å². The molecular formula is C14H13F3N2O4S. The van der Waals surface area contributed by atoms with Crippen molar-refractivity contribution in [1.29, 1.82) is 0 Å². The number of amides is 2.